The number of hydrogen-bond acceptors (Lipinski definition) is 4. The third-order valence-corrected chi connectivity index (χ3v) is 6.98. The van der Waals surface area contributed by atoms with Crippen molar-refractivity contribution in [2.45, 2.75) is 155 Å². The summed E-state index contributed by atoms with van der Waals surface area (Å²) in [7, 11) is 0. The van der Waals surface area contributed by atoms with Crippen LogP contribution in [0.5, 0.6) is 0 Å². The standard InChI is InChI=1S/C29H54O4/c1-4-5-6-7-8-9-10-11-12-13-14-15-16-17-18-21-32-28(30)19-20-29(31)33-27-23-25(2)22-26(3)24-27/h25-27H,4-24H2,1-3H3. The Morgan fingerprint density at radius 2 is 1.03 bits per heavy atom. The van der Waals surface area contributed by atoms with Crippen molar-refractivity contribution in [1.82, 2.24) is 0 Å². The van der Waals surface area contributed by atoms with Gasteiger partial charge in [-0.05, 0) is 37.5 Å². The summed E-state index contributed by atoms with van der Waals surface area (Å²) >= 11 is 0. The zero-order valence-corrected chi connectivity index (χ0v) is 22.2. The highest BCUT2D eigenvalue weighted by atomic mass is 16.5. The number of ether oxygens (including phenoxy) is 2. The molecule has 0 amide bonds. The molecule has 0 bridgehead atoms. The van der Waals surface area contributed by atoms with Crippen LogP contribution in [-0.2, 0) is 19.1 Å². The summed E-state index contributed by atoms with van der Waals surface area (Å²) in [6.07, 6.45) is 23.2. The molecule has 0 aromatic heterocycles. The maximum atomic E-state index is 12.0. The summed E-state index contributed by atoms with van der Waals surface area (Å²) < 4.78 is 10.9. The van der Waals surface area contributed by atoms with E-state index in [-0.39, 0.29) is 30.9 Å². The lowest BCUT2D eigenvalue weighted by Gasteiger charge is -2.31. The van der Waals surface area contributed by atoms with Gasteiger partial charge in [0.15, 0.2) is 0 Å². The molecular weight excluding hydrogens is 412 g/mol. The minimum Gasteiger partial charge on any atom is -0.466 e. The number of rotatable bonds is 20. The second-order valence-electron chi connectivity index (χ2n) is 10.7. The van der Waals surface area contributed by atoms with Gasteiger partial charge in [-0.2, -0.15) is 0 Å². The Bertz CT molecular complexity index is 480. The molecule has 194 valence electrons. The van der Waals surface area contributed by atoms with Crippen molar-refractivity contribution in [3.8, 4) is 0 Å². The van der Waals surface area contributed by atoms with Crippen LogP contribution in [0.1, 0.15) is 149 Å². The lowest BCUT2D eigenvalue weighted by atomic mass is 9.82. The molecule has 33 heavy (non-hydrogen) atoms. The summed E-state index contributed by atoms with van der Waals surface area (Å²) in [5, 5.41) is 0. The first-order valence-corrected chi connectivity index (χ1v) is 14.4. The zero-order valence-electron chi connectivity index (χ0n) is 22.2. The van der Waals surface area contributed by atoms with Crippen LogP contribution in [0.4, 0.5) is 0 Å². The van der Waals surface area contributed by atoms with E-state index in [1.165, 1.54) is 89.9 Å². The van der Waals surface area contributed by atoms with Crippen LogP contribution in [0.15, 0.2) is 0 Å². The lowest BCUT2D eigenvalue weighted by Crippen LogP contribution is -2.28. The molecule has 0 aromatic carbocycles. The Balaban J connectivity index is 1.83. The molecule has 1 rings (SSSR count). The first-order chi connectivity index (χ1) is 16.0. The Hall–Kier alpha value is -1.06. The van der Waals surface area contributed by atoms with Crippen molar-refractivity contribution < 1.29 is 19.1 Å². The van der Waals surface area contributed by atoms with Crippen molar-refractivity contribution in [3.05, 3.63) is 0 Å². The minimum atomic E-state index is -0.275. The Kier molecular flexibility index (Phi) is 18.5. The van der Waals surface area contributed by atoms with E-state index in [1.54, 1.807) is 0 Å². The van der Waals surface area contributed by atoms with Gasteiger partial charge >= 0.3 is 11.9 Å². The molecule has 4 heteroatoms. The number of carbonyl (C=O) groups is 2. The van der Waals surface area contributed by atoms with Crippen LogP contribution >= 0.6 is 0 Å². The summed E-state index contributed by atoms with van der Waals surface area (Å²) in [6, 6.07) is 0. The number of hydrogen-bond donors (Lipinski definition) is 0. The molecule has 1 saturated carbocycles. The van der Waals surface area contributed by atoms with Gasteiger partial charge in [0.05, 0.1) is 19.4 Å². The van der Waals surface area contributed by atoms with E-state index in [4.69, 9.17) is 9.47 Å². The normalized spacial score (nSPS) is 20.5. The van der Waals surface area contributed by atoms with E-state index in [0.717, 1.165) is 25.7 Å². The fourth-order valence-electron chi connectivity index (χ4n) is 5.15. The molecule has 0 saturated heterocycles. The van der Waals surface area contributed by atoms with E-state index < -0.39 is 0 Å². The fraction of sp³-hybridized carbons (Fsp3) is 0.931. The molecular formula is C29H54O4. The van der Waals surface area contributed by atoms with Crippen LogP contribution in [0.2, 0.25) is 0 Å². The maximum Gasteiger partial charge on any atom is 0.306 e. The summed E-state index contributed by atoms with van der Waals surface area (Å²) in [5.74, 6) is 0.672. The van der Waals surface area contributed by atoms with Crippen LogP contribution in [-0.4, -0.2) is 24.6 Å². The second kappa shape index (κ2) is 20.3. The van der Waals surface area contributed by atoms with Crippen LogP contribution in [0, 0.1) is 11.8 Å². The molecule has 1 aliphatic rings. The van der Waals surface area contributed by atoms with Crippen molar-refractivity contribution in [1.29, 1.82) is 0 Å². The van der Waals surface area contributed by atoms with Gasteiger partial charge in [0.2, 0.25) is 0 Å². The first-order valence-electron chi connectivity index (χ1n) is 14.4. The average molecular weight is 467 g/mol. The van der Waals surface area contributed by atoms with Gasteiger partial charge in [0, 0.05) is 0 Å². The molecule has 0 heterocycles. The summed E-state index contributed by atoms with van der Waals surface area (Å²) in [6.45, 7) is 7.18. The summed E-state index contributed by atoms with van der Waals surface area (Å²) in [5.41, 5.74) is 0. The monoisotopic (exact) mass is 466 g/mol. The Labute approximate surface area is 205 Å². The predicted molar refractivity (Wildman–Crippen MR) is 137 cm³/mol. The summed E-state index contributed by atoms with van der Waals surface area (Å²) in [4.78, 5) is 23.9. The molecule has 1 fully saturated rings. The number of unbranched alkanes of at least 4 members (excludes halogenated alkanes) is 14. The van der Waals surface area contributed by atoms with Crippen LogP contribution < -0.4 is 0 Å². The molecule has 0 N–H and O–H groups in total. The van der Waals surface area contributed by atoms with Crippen molar-refractivity contribution >= 4 is 11.9 Å². The SMILES string of the molecule is CCCCCCCCCCCCCCCCCOC(=O)CCC(=O)OC1CC(C)CC(C)C1. The zero-order chi connectivity index (χ0) is 24.2. The van der Waals surface area contributed by atoms with E-state index in [0.29, 0.717) is 18.4 Å². The topological polar surface area (TPSA) is 52.6 Å². The average Bonchev–Trinajstić information content (AvgIpc) is 2.76. The third-order valence-electron chi connectivity index (χ3n) is 6.98. The van der Waals surface area contributed by atoms with Crippen LogP contribution in [0.25, 0.3) is 0 Å². The van der Waals surface area contributed by atoms with Crippen LogP contribution in [0.3, 0.4) is 0 Å². The molecule has 2 unspecified atom stereocenters. The number of esters is 2. The highest BCUT2D eigenvalue weighted by Gasteiger charge is 2.26. The smallest absolute Gasteiger partial charge is 0.306 e. The quantitative estimate of drug-likeness (QED) is 0.133. The van der Waals surface area contributed by atoms with E-state index in [1.807, 2.05) is 0 Å². The molecule has 0 radical (unpaired) electrons. The predicted octanol–water partition coefficient (Wildman–Crippen LogP) is 8.55. The van der Waals surface area contributed by atoms with Gasteiger partial charge in [-0.1, -0.05) is 111 Å². The van der Waals surface area contributed by atoms with E-state index in [9.17, 15) is 9.59 Å². The fourth-order valence-corrected chi connectivity index (χ4v) is 5.15. The highest BCUT2D eigenvalue weighted by Crippen LogP contribution is 2.30. The molecule has 0 spiro atoms. The van der Waals surface area contributed by atoms with Crippen molar-refractivity contribution in [2.24, 2.45) is 11.8 Å². The molecule has 2 atom stereocenters. The number of carbonyl (C=O) groups excluding carboxylic acids is 2. The first kappa shape index (κ1) is 30.0. The van der Waals surface area contributed by atoms with Gasteiger partial charge < -0.3 is 9.47 Å². The molecule has 0 aromatic rings. The second-order valence-corrected chi connectivity index (χ2v) is 10.7. The minimum absolute atomic E-state index is 0.0209. The van der Waals surface area contributed by atoms with Gasteiger partial charge in [-0.3, -0.25) is 9.59 Å². The van der Waals surface area contributed by atoms with E-state index in [2.05, 4.69) is 20.8 Å². The van der Waals surface area contributed by atoms with Gasteiger partial charge in [-0.15, -0.1) is 0 Å². The largest absolute Gasteiger partial charge is 0.466 e. The van der Waals surface area contributed by atoms with Gasteiger partial charge in [0.1, 0.15) is 6.10 Å². The van der Waals surface area contributed by atoms with Gasteiger partial charge in [-0.25, -0.2) is 0 Å². The third kappa shape index (κ3) is 18.0. The van der Waals surface area contributed by atoms with Crippen molar-refractivity contribution in [3.63, 3.8) is 0 Å². The molecule has 0 aliphatic heterocycles. The van der Waals surface area contributed by atoms with E-state index >= 15 is 0 Å². The molecule has 1 aliphatic carbocycles. The lowest BCUT2D eigenvalue weighted by molar-refractivity contribution is -0.155. The maximum absolute atomic E-state index is 12.0. The highest BCUT2D eigenvalue weighted by molar-refractivity contribution is 5.77. The molecule has 4 nitrogen and oxygen atoms in total. The van der Waals surface area contributed by atoms with Gasteiger partial charge in [0.25, 0.3) is 0 Å². The Morgan fingerprint density at radius 3 is 1.52 bits per heavy atom. The van der Waals surface area contributed by atoms with Crippen molar-refractivity contribution in [2.75, 3.05) is 6.61 Å². The Morgan fingerprint density at radius 1 is 0.606 bits per heavy atom.